The minimum Gasteiger partial charge on any atom is -0.457 e. The Hall–Kier alpha value is -3.01. The Labute approximate surface area is 197 Å². The van der Waals surface area contributed by atoms with Crippen LogP contribution in [0.2, 0.25) is 0 Å². The van der Waals surface area contributed by atoms with Crippen LogP contribution in [0.5, 0.6) is 0 Å². The number of carbonyl (C=O) groups is 5. The van der Waals surface area contributed by atoms with E-state index in [9.17, 15) is 24.0 Å². The molecule has 8 atom stereocenters. The van der Waals surface area contributed by atoms with Crippen LogP contribution in [0.4, 0.5) is 0 Å². The molecule has 1 saturated carbocycles. The zero-order valence-electron chi connectivity index (χ0n) is 20.0. The molecule has 0 aromatic rings. The van der Waals surface area contributed by atoms with Gasteiger partial charge in [0.05, 0.1) is 11.8 Å². The largest absolute Gasteiger partial charge is 0.457 e. The van der Waals surface area contributed by atoms with Crippen LogP contribution in [0.1, 0.15) is 47.5 Å². The first-order chi connectivity index (χ1) is 15.8. The van der Waals surface area contributed by atoms with Crippen molar-refractivity contribution in [3.8, 4) is 0 Å². The quantitative estimate of drug-likeness (QED) is 0.188. The van der Waals surface area contributed by atoms with Gasteiger partial charge in [0.2, 0.25) is 0 Å². The third kappa shape index (κ3) is 4.64. The fourth-order valence-corrected chi connectivity index (χ4v) is 4.48. The van der Waals surface area contributed by atoms with Crippen molar-refractivity contribution in [1.82, 2.24) is 0 Å². The van der Waals surface area contributed by atoms with E-state index in [1.807, 2.05) is 0 Å². The molecule has 0 N–H and O–H groups in total. The second-order valence-corrected chi connectivity index (χ2v) is 9.17. The van der Waals surface area contributed by atoms with Gasteiger partial charge in [0.1, 0.15) is 11.7 Å². The monoisotopic (exact) mass is 478 g/mol. The van der Waals surface area contributed by atoms with E-state index >= 15 is 0 Å². The highest BCUT2D eigenvalue weighted by Gasteiger charge is 2.69. The highest BCUT2D eigenvalue weighted by atomic mass is 16.7. The van der Waals surface area contributed by atoms with E-state index in [4.69, 9.17) is 23.7 Å². The summed E-state index contributed by atoms with van der Waals surface area (Å²) in [5, 5.41) is 0. The Morgan fingerprint density at radius 1 is 1.12 bits per heavy atom. The summed E-state index contributed by atoms with van der Waals surface area (Å²) in [6, 6.07) is 0. The van der Waals surface area contributed by atoms with Crippen molar-refractivity contribution in [3.63, 3.8) is 0 Å². The van der Waals surface area contributed by atoms with E-state index in [-0.39, 0.29) is 17.6 Å². The number of ketones is 1. The smallest absolute Gasteiger partial charge is 0.334 e. The number of epoxide rings is 1. The van der Waals surface area contributed by atoms with Crippen LogP contribution in [0.15, 0.2) is 24.3 Å². The number of rotatable bonds is 5. The van der Waals surface area contributed by atoms with Crippen LogP contribution < -0.4 is 0 Å². The number of hydrogen-bond donors (Lipinski definition) is 0. The molecule has 0 radical (unpaired) electrons. The van der Waals surface area contributed by atoms with Crippen molar-refractivity contribution in [2.75, 3.05) is 0 Å². The lowest BCUT2D eigenvalue weighted by Gasteiger charge is -2.37. The fourth-order valence-electron chi connectivity index (χ4n) is 4.48. The zero-order valence-corrected chi connectivity index (χ0v) is 20.0. The number of carbonyl (C=O) groups excluding carboxylic acids is 5. The maximum absolute atomic E-state index is 13.0. The predicted octanol–water partition coefficient (Wildman–Crippen LogP) is 1.59. The van der Waals surface area contributed by atoms with Crippen LogP contribution in [-0.4, -0.2) is 65.8 Å². The average molecular weight is 478 g/mol. The number of fused-ring (bicyclic) bond motifs is 2. The van der Waals surface area contributed by atoms with Gasteiger partial charge in [-0.1, -0.05) is 27.0 Å². The summed E-state index contributed by atoms with van der Waals surface area (Å²) in [7, 11) is 0. The Balaban J connectivity index is 2.15. The molecule has 0 aromatic heterocycles. The lowest BCUT2D eigenvalue weighted by atomic mass is 9.77. The summed E-state index contributed by atoms with van der Waals surface area (Å²) >= 11 is 0. The summed E-state index contributed by atoms with van der Waals surface area (Å²) in [5.41, 5.74) is -1.17. The third-order valence-electron chi connectivity index (χ3n) is 6.56. The molecule has 0 bridgehead atoms. The SMILES string of the molecule is C=C1C(=O)O[C@@H]2[C@H]1[C@@H](OC(C)=O)[C@H](OC(=O)[C@H](C)CC)C(=C)CC(=O)[C@@H]1O[C@]1(C)[C@H]2OC(C)=O. The standard InChI is InChI=1S/C24H30O10/c1-8-10(2)22(28)32-17-11(3)9-15(27)20-24(7,34-20)21(31-14(6)26)19-16(12(4)23(29)33-19)18(17)30-13(5)25/h10,16-21H,3-4,8-9H2,1-2,5-7H3/t10-,16-,17-,18-,19-,20+,21+,24+/m1/s1. The van der Waals surface area contributed by atoms with Gasteiger partial charge < -0.3 is 23.7 Å². The lowest BCUT2D eigenvalue weighted by Crippen LogP contribution is -2.53. The summed E-state index contributed by atoms with van der Waals surface area (Å²) in [4.78, 5) is 62.4. The van der Waals surface area contributed by atoms with Gasteiger partial charge in [-0.25, -0.2) is 4.79 Å². The van der Waals surface area contributed by atoms with Crippen molar-refractivity contribution in [2.24, 2.45) is 11.8 Å². The molecule has 0 aromatic carbocycles. The van der Waals surface area contributed by atoms with Crippen LogP contribution in [0.25, 0.3) is 0 Å². The van der Waals surface area contributed by atoms with Crippen molar-refractivity contribution in [3.05, 3.63) is 24.3 Å². The molecule has 186 valence electrons. The highest BCUT2D eigenvalue weighted by molar-refractivity contribution is 5.92. The van der Waals surface area contributed by atoms with E-state index in [0.717, 1.165) is 6.92 Å². The Kier molecular flexibility index (Phi) is 7.02. The van der Waals surface area contributed by atoms with E-state index < -0.39 is 77.6 Å². The molecular formula is C24H30O10. The topological polar surface area (TPSA) is 135 Å². The first-order valence-corrected chi connectivity index (χ1v) is 11.1. The maximum atomic E-state index is 13.0. The van der Waals surface area contributed by atoms with Crippen molar-refractivity contribution < 1.29 is 47.7 Å². The first kappa shape index (κ1) is 25.6. The van der Waals surface area contributed by atoms with Gasteiger partial charge in [-0.15, -0.1) is 0 Å². The Morgan fingerprint density at radius 2 is 1.74 bits per heavy atom. The van der Waals surface area contributed by atoms with Crippen molar-refractivity contribution in [2.45, 2.75) is 83.6 Å². The molecule has 2 saturated heterocycles. The van der Waals surface area contributed by atoms with Crippen molar-refractivity contribution in [1.29, 1.82) is 0 Å². The second-order valence-electron chi connectivity index (χ2n) is 9.17. The Morgan fingerprint density at radius 3 is 2.29 bits per heavy atom. The Bertz CT molecular complexity index is 951. The predicted molar refractivity (Wildman–Crippen MR) is 115 cm³/mol. The van der Waals surface area contributed by atoms with Crippen molar-refractivity contribution >= 4 is 29.7 Å². The molecule has 3 aliphatic rings. The van der Waals surface area contributed by atoms with Gasteiger partial charge in [0.25, 0.3) is 0 Å². The minimum atomic E-state index is -1.31. The average Bonchev–Trinajstić information content (AvgIpc) is 3.36. The lowest BCUT2D eigenvalue weighted by molar-refractivity contribution is -0.180. The highest BCUT2D eigenvalue weighted by Crippen LogP contribution is 2.49. The third-order valence-corrected chi connectivity index (χ3v) is 6.56. The van der Waals surface area contributed by atoms with Gasteiger partial charge >= 0.3 is 23.9 Å². The molecule has 10 nitrogen and oxygen atoms in total. The van der Waals surface area contributed by atoms with E-state index in [1.54, 1.807) is 20.8 Å². The normalized spacial score (nSPS) is 35.9. The molecule has 3 rings (SSSR count). The molecule has 0 unspecified atom stereocenters. The summed E-state index contributed by atoms with van der Waals surface area (Å²) < 4.78 is 27.9. The van der Waals surface area contributed by atoms with E-state index in [1.165, 1.54) is 6.92 Å². The van der Waals surface area contributed by atoms with Gasteiger partial charge in [-0.2, -0.15) is 0 Å². The summed E-state index contributed by atoms with van der Waals surface area (Å²) in [6.45, 7) is 15.1. The molecule has 10 heteroatoms. The number of esters is 4. The fraction of sp³-hybridized carbons (Fsp3) is 0.625. The summed E-state index contributed by atoms with van der Waals surface area (Å²) in [5.74, 6) is -4.75. The second kappa shape index (κ2) is 9.32. The van der Waals surface area contributed by atoms with Crippen LogP contribution in [0, 0.1) is 11.8 Å². The molecule has 0 spiro atoms. The van der Waals surface area contributed by atoms with E-state index in [0.29, 0.717) is 6.42 Å². The number of ether oxygens (including phenoxy) is 5. The van der Waals surface area contributed by atoms with Crippen LogP contribution in [0.3, 0.4) is 0 Å². The van der Waals surface area contributed by atoms with Gasteiger partial charge in [0, 0.05) is 25.8 Å². The molecule has 3 fully saturated rings. The molecule has 2 aliphatic heterocycles. The molecular weight excluding hydrogens is 448 g/mol. The van der Waals surface area contributed by atoms with Crippen LogP contribution in [-0.2, 0) is 47.7 Å². The van der Waals surface area contributed by atoms with Gasteiger partial charge in [0.15, 0.2) is 30.2 Å². The van der Waals surface area contributed by atoms with Crippen LogP contribution >= 0.6 is 0 Å². The maximum Gasteiger partial charge on any atom is 0.334 e. The first-order valence-electron chi connectivity index (χ1n) is 11.1. The van der Waals surface area contributed by atoms with Gasteiger partial charge in [-0.05, 0) is 18.9 Å². The van der Waals surface area contributed by atoms with Gasteiger partial charge in [-0.3, -0.25) is 19.2 Å². The van der Waals surface area contributed by atoms with E-state index in [2.05, 4.69) is 13.2 Å². The molecule has 0 amide bonds. The zero-order chi connectivity index (χ0) is 25.5. The number of Topliss-reactive ketones (excluding diaryl/α,β-unsaturated/α-hetero) is 1. The summed E-state index contributed by atoms with van der Waals surface area (Å²) in [6.07, 6.45) is -5.74. The molecule has 1 aliphatic carbocycles. The minimum absolute atomic E-state index is 0.0570. The molecule has 2 heterocycles. The number of hydrogen-bond acceptors (Lipinski definition) is 10. The molecule has 34 heavy (non-hydrogen) atoms.